The summed E-state index contributed by atoms with van der Waals surface area (Å²) in [4.78, 5) is 48.1. The van der Waals surface area contributed by atoms with Crippen LogP contribution in [-0.2, 0) is 19.2 Å². The number of hydrogen-bond acceptors (Lipinski definition) is 6. The number of nitrogens with two attached hydrogens (primary N) is 1. The van der Waals surface area contributed by atoms with Crippen molar-refractivity contribution in [2.45, 2.75) is 85.7 Å². The fourth-order valence-electron chi connectivity index (χ4n) is 2.49. The molecule has 0 fully saturated rings. The molecular formula is C22H55N5O4. The SMILES string of the molecule is CC.CC(C)NCCNC(=O)CCC(NC(=O)CCCC(=O)C(C)C)C(=O)NCCN.[HH].[HH].[HH].[HH].[HH]. The van der Waals surface area contributed by atoms with Gasteiger partial charge < -0.3 is 27.0 Å². The average Bonchev–Trinajstić information content (AvgIpc) is 2.73. The van der Waals surface area contributed by atoms with Gasteiger partial charge in [-0.15, -0.1) is 0 Å². The molecule has 1 unspecified atom stereocenters. The van der Waals surface area contributed by atoms with Gasteiger partial charge in [0.1, 0.15) is 11.8 Å². The summed E-state index contributed by atoms with van der Waals surface area (Å²) in [6, 6.07) is -0.469. The second-order valence-corrected chi connectivity index (χ2v) is 7.67. The maximum atomic E-state index is 12.3. The molecule has 0 aromatic rings. The summed E-state index contributed by atoms with van der Waals surface area (Å²) in [5.74, 6) is -0.794. The summed E-state index contributed by atoms with van der Waals surface area (Å²) in [5, 5.41) is 11.3. The van der Waals surface area contributed by atoms with Crippen molar-refractivity contribution in [3.63, 3.8) is 0 Å². The van der Waals surface area contributed by atoms with Crippen LogP contribution in [0.4, 0.5) is 0 Å². The third kappa shape index (κ3) is 18.5. The van der Waals surface area contributed by atoms with Crippen molar-refractivity contribution in [2.24, 2.45) is 11.7 Å². The molecule has 0 radical (unpaired) electrons. The van der Waals surface area contributed by atoms with E-state index in [0.29, 0.717) is 38.5 Å². The summed E-state index contributed by atoms with van der Waals surface area (Å²) in [6.45, 7) is 13.4. The maximum Gasteiger partial charge on any atom is 0.242 e. The molecule has 0 saturated carbocycles. The molecule has 0 heterocycles. The van der Waals surface area contributed by atoms with Crippen molar-refractivity contribution in [1.82, 2.24) is 21.3 Å². The smallest absolute Gasteiger partial charge is 0.242 e. The summed E-state index contributed by atoms with van der Waals surface area (Å²) < 4.78 is 0. The first kappa shape index (κ1) is 31.2. The molecular weight excluding hydrogens is 398 g/mol. The summed E-state index contributed by atoms with van der Waals surface area (Å²) >= 11 is 0. The van der Waals surface area contributed by atoms with Crippen LogP contribution in [0.5, 0.6) is 0 Å². The lowest BCUT2D eigenvalue weighted by Gasteiger charge is -2.18. The predicted molar refractivity (Wildman–Crippen MR) is 135 cm³/mol. The number of Topliss-reactive ketones (excluding diaryl/α,β-unsaturated/α-hetero) is 1. The van der Waals surface area contributed by atoms with Crippen molar-refractivity contribution in [1.29, 1.82) is 0 Å². The second-order valence-electron chi connectivity index (χ2n) is 7.67. The topological polar surface area (TPSA) is 142 Å². The summed E-state index contributed by atoms with van der Waals surface area (Å²) in [6.07, 6.45) is 1.24. The molecule has 0 aliphatic carbocycles. The maximum absolute atomic E-state index is 12.3. The number of amides is 3. The van der Waals surface area contributed by atoms with Crippen LogP contribution >= 0.6 is 0 Å². The van der Waals surface area contributed by atoms with E-state index in [1.807, 2.05) is 41.5 Å². The predicted octanol–water partition coefficient (Wildman–Crippen LogP) is 2.09. The molecule has 192 valence electrons. The van der Waals surface area contributed by atoms with E-state index in [1.54, 1.807) is 0 Å². The highest BCUT2D eigenvalue weighted by atomic mass is 16.2. The first-order chi connectivity index (χ1) is 14.7. The highest BCUT2D eigenvalue weighted by Gasteiger charge is 2.21. The Morgan fingerprint density at radius 3 is 2.03 bits per heavy atom. The molecule has 0 aromatic carbocycles. The minimum atomic E-state index is -0.811. The van der Waals surface area contributed by atoms with E-state index in [2.05, 4.69) is 21.3 Å². The highest BCUT2D eigenvalue weighted by molar-refractivity contribution is 5.88. The van der Waals surface area contributed by atoms with Gasteiger partial charge in [-0.05, 0) is 12.8 Å². The molecule has 9 nitrogen and oxygen atoms in total. The van der Waals surface area contributed by atoms with Gasteiger partial charge in [-0.1, -0.05) is 41.5 Å². The van der Waals surface area contributed by atoms with Crippen molar-refractivity contribution in [3.8, 4) is 0 Å². The molecule has 6 N–H and O–H groups in total. The average molecular weight is 454 g/mol. The Kier molecular flexibility index (Phi) is 20.1. The second kappa shape index (κ2) is 19.9. The van der Waals surface area contributed by atoms with Crippen LogP contribution in [0.15, 0.2) is 0 Å². The monoisotopic (exact) mass is 453 g/mol. The van der Waals surface area contributed by atoms with Crippen LogP contribution in [0, 0.1) is 5.92 Å². The van der Waals surface area contributed by atoms with E-state index in [-0.39, 0.29) is 62.4 Å². The molecule has 0 bridgehead atoms. The van der Waals surface area contributed by atoms with E-state index in [1.165, 1.54) is 0 Å². The Labute approximate surface area is 195 Å². The molecule has 1 atom stereocenters. The van der Waals surface area contributed by atoms with Gasteiger partial charge in [0.05, 0.1) is 0 Å². The van der Waals surface area contributed by atoms with Crippen LogP contribution in [0.25, 0.3) is 0 Å². The van der Waals surface area contributed by atoms with Gasteiger partial charge >= 0.3 is 0 Å². The molecule has 0 spiro atoms. The van der Waals surface area contributed by atoms with Crippen LogP contribution in [0.3, 0.4) is 0 Å². The highest BCUT2D eigenvalue weighted by Crippen LogP contribution is 2.05. The Bertz CT molecular complexity index is 545. The van der Waals surface area contributed by atoms with E-state index < -0.39 is 6.04 Å². The van der Waals surface area contributed by atoms with Gasteiger partial charge in [0, 0.05) is 64.5 Å². The van der Waals surface area contributed by atoms with Crippen molar-refractivity contribution >= 4 is 23.5 Å². The summed E-state index contributed by atoms with van der Waals surface area (Å²) in [7, 11) is 0. The zero-order chi connectivity index (χ0) is 24.2. The molecule has 9 heteroatoms. The van der Waals surface area contributed by atoms with Gasteiger partial charge in [0.2, 0.25) is 17.7 Å². The largest absolute Gasteiger partial charge is 0.355 e. The van der Waals surface area contributed by atoms with Crippen LogP contribution in [0.1, 0.15) is 80.8 Å². The van der Waals surface area contributed by atoms with E-state index in [9.17, 15) is 19.2 Å². The molecule has 0 aliphatic heterocycles. The van der Waals surface area contributed by atoms with Crippen LogP contribution < -0.4 is 27.0 Å². The quantitative estimate of drug-likeness (QED) is 0.226. The third-order valence-electron chi connectivity index (χ3n) is 4.23. The number of carbonyl (C=O) groups is 4. The Hall–Kier alpha value is -2.00. The Morgan fingerprint density at radius 1 is 0.839 bits per heavy atom. The van der Waals surface area contributed by atoms with Gasteiger partial charge in [-0.25, -0.2) is 0 Å². The fraction of sp³-hybridized carbons (Fsp3) is 0.818. The van der Waals surface area contributed by atoms with Gasteiger partial charge in [-0.2, -0.15) is 0 Å². The minimum absolute atomic E-state index is 0. The molecule has 0 saturated heterocycles. The normalized spacial score (nSPS) is 11.4. The van der Waals surface area contributed by atoms with E-state index in [4.69, 9.17) is 5.73 Å². The number of hydrogen-bond donors (Lipinski definition) is 5. The number of rotatable bonds is 16. The molecule has 31 heavy (non-hydrogen) atoms. The van der Waals surface area contributed by atoms with Gasteiger partial charge in [-0.3, -0.25) is 19.2 Å². The summed E-state index contributed by atoms with van der Waals surface area (Å²) in [5.41, 5.74) is 5.40. The fourth-order valence-corrected chi connectivity index (χ4v) is 2.49. The molecule has 0 aliphatic rings. The minimum Gasteiger partial charge on any atom is -0.355 e. The van der Waals surface area contributed by atoms with Crippen LogP contribution in [0.2, 0.25) is 0 Å². The standard InChI is InChI=1S/C20H39N5O4.C2H6.5H2/c1-14(2)17(26)6-5-7-19(28)25-16(20(29)24-11-10-21)8-9-18(27)23-13-12-22-15(3)4;1-2;;;;;/h14-16,22H,5-13,21H2,1-4H3,(H,23,27)(H,24,29)(H,25,28);1-2H3;5*1H. The number of nitrogens with one attached hydrogen (secondary N) is 4. The first-order valence-electron chi connectivity index (χ1n) is 11.5. The lowest BCUT2D eigenvalue weighted by atomic mass is 10.0. The van der Waals surface area contributed by atoms with Crippen LogP contribution in [-0.4, -0.2) is 61.8 Å². The molecule has 0 aromatic heterocycles. The zero-order valence-electron chi connectivity index (χ0n) is 20.3. The Balaban J connectivity index is -0.000000234. The van der Waals surface area contributed by atoms with E-state index >= 15 is 0 Å². The zero-order valence-corrected chi connectivity index (χ0v) is 20.3. The van der Waals surface area contributed by atoms with Crippen molar-refractivity contribution in [2.75, 3.05) is 26.2 Å². The first-order valence-corrected chi connectivity index (χ1v) is 11.5. The van der Waals surface area contributed by atoms with Gasteiger partial charge in [0.15, 0.2) is 0 Å². The molecule has 0 rings (SSSR count). The number of ketones is 1. The third-order valence-corrected chi connectivity index (χ3v) is 4.23. The Morgan fingerprint density at radius 2 is 1.48 bits per heavy atom. The van der Waals surface area contributed by atoms with Gasteiger partial charge in [0.25, 0.3) is 0 Å². The lowest BCUT2D eigenvalue weighted by Crippen LogP contribution is -2.48. The lowest BCUT2D eigenvalue weighted by molar-refractivity contribution is -0.130. The van der Waals surface area contributed by atoms with Crippen molar-refractivity contribution < 1.29 is 26.3 Å². The number of carbonyl (C=O) groups excluding carboxylic acids is 4. The van der Waals surface area contributed by atoms with Crippen molar-refractivity contribution in [3.05, 3.63) is 0 Å². The van der Waals surface area contributed by atoms with E-state index in [0.717, 1.165) is 0 Å². The molecule has 3 amide bonds.